The minimum atomic E-state index is -3.60. The molecular formula is C19H25N3O5S2. The van der Waals surface area contributed by atoms with Crippen LogP contribution in [-0.2, 0) is 31.3 Å². The number of amides is 1. The molecule has 0 aliphatic heterocycles. The summed E-state index contributed by atoms with van der Waals surface area (Å²) >= 11 is 0. The first-order valence-electron chi connectivity index (χ1n) is 8.83. The van der Waals surface area contributed by atoms with Crippen LogP contribution in [-0.4, -0.2) is 48.2 Å². The van der Waals surface area contributed by atoms with Crippen molar-refractivity contribution in [2.75, 3.05) is 26.5 Å². The number of rotatable bonds is 8. The van der Waals surface area contributed by atoms with Crippen molar-refractivity contribution in [3.8, 4) is 0 Å². The van der Waals surface area contributed by atoms with Gasteiger partial charge in [0.2, 0.25) is 26.0 Å². The fourth-order valence-corrected chi connectivity index (χ4v) is 4.19. The van der Waals surface area contributed by atoms with Gasteiger partial charge in [0.05, 0.1) is 9.79 Å². The highest BCUT2D eigenvalue weighted by atomic mass is 32.2. The number of carbonyl (C=O) groups excluding carboxylic acids is 1. The molecule has 0 spiro atoms. The van der Waals surface area contributed by atoms with E-state index in [9.17, 15) is 21.6 Å². The lowest BCUT2D eigenvalue weighted by Gasteiger charge is -2.14. The van der Waals surface area contributed by atoms with Crippen LogP contribution in [0.3, 0.4) is 0 Å². The van der Waals surface area contributed by atoms with Crippen LogP contribution in [0.25, 0.3) is 0 Å². The molecular weight excluding hydrogens is 414 g/mol. The van der Waals surface area contributed by atoms with Crippen LogP contribution in [0.15, 0.2) is 52.3 Å². The molecule has 0 aromatic heterocycles. The maximum Gasteiger partial charge on any atom is 0.242 e. The minimum Gasteiger partial charge on any atom is -0.326 e. The minimum absolute atomic E-state index is 0.102. The van der Waals surface area contributed by atoms with E-state index in [1.54, 1.807) is 25.1 Å². The van der Waals surface area contributed by atoms with E-state index in [1.165, 1.54) is 45.4 Å². The van der Waals surface area contributed by atoms with Gasteiger partial charge in [-0.1, -0.05) is 18.2 Å². The quantitative estimate of drug-likeness (QED) is 0.650. The number of hydrogen-bond donors (Lipinski definition) is 2. The lowest BCUT2D eigenvalue weighted by molar-refractivity contribution is -0.116. The molecule has 0 aliphatic carbocycles. The molecule has 158 valence electrons. The molecule has 0 heterocycles. The lowest BCUT2D eigenvalue weighted by Crippen LogP contribution is -2.22. The Morgan fingerprint density at radius 2 is 1.55 bits per heavy atom. The fourth-order valence-electron chi connectivity index (χ4n) is 2.53. The Hall–Kier alpha value is -2.27. The second-order valence-corrected chi connectivity index (χ2v) is 10.7. The molecule has 0 radical (unpaired) electrons. The summed E-state index contributed by atoms with van der Waals surface area (Å²) in [6.07, 6.45) is 0.586. The Morgan fingerprint density at radius 1 is 0.966 bits per heavy atom. The van der Waals surface area contributed by atoms with E-state index in [0.717, 1.165) is 15.4 Å². The summed E-state index contributed by atoms with van der Waals surface area (Å²) in [6.45, 7) is 1.78. The molecule has 0 saturated heterocycles. The molecule has 0 fully saturated rings. The predicted molar refractivity (Wildman–Crippen MR) is 112 cm³/mol. The number of nitrogens with zero attached hydrogens (tertiary/aromatic N) is 1. The molecule has 2 rings (SSSR count). The van der Waals surface area contributed by atoms with Gasteiger partial charge in [0.25, 0.3) is 0 Å². The van der Waals surface area contributed by atoms with Crippen molar-refractivity contribution < 1.29 is 21.6 Å². The van der Waals surface area contributed by atoms with Crippen molar-refractivity contribution >= 4 is 31.6 Å². The summed E-state index contributed by atoms with van der Waals surface area (Å²) in [6, 6.07) is 10.9. The fraction of sp³-hybridized carbons (Fsp3) is 0.316. The third-order valence-electron chi connectivity index (χ3n) is 4.40. The van der Waals surface area contributed by atoms with Gasteiger partial charge >= 0.3 is 0 Å². The van der Waals surface area contributed by atoms with E-state index in [1.807, 2.05) is 0 Å². The summed E-state index contributed by atoms with van der Waals surface area (Å²) in [5, 5.41) is 2.75. The molecule has 2 N–H and O–H groups in total. The van der Waals surface area contributed by atoms with Gasteiger partial charge in [-0.25, -0.2) is 25.9 Å². The molecule has 0 aliphatic rings. The van der Waals surface area contributed by atoms with Gasteiger partial charge in [0.15, 0.2) is 0 Å². The molecule has 2 aromatic rings. The van der Waals surface area contributed by atoms with Crippen molar-refractivity contribution in [1.82, 2.24) is 9.03 Å². The normalized spacial score (nSPS) is 12.2. The summed E-state index contributed by atoms with van der Waals surface area (Å²) in [5.74, 6) is -0.264. The number of hydrogen-bond acceptors (Lipinski definition) is 5. The van der Waals surface area contributed by atoms with E-state index in [2.05, 4.69) is 10.0 Å². The van der Waals surface area contributed by atoms with Crippen LogP contribution in [0.2, 0.25) is 0 Å². The number of aryl methyl sites for hydroxylation is 2. The molecule has 8 nitrogen and oxygen atoms in total. The maximum atomic E-state index is 12.3. The first kappa shape index (κ1) is 23.0. The van der Waals surface area contributed by atoms with Gasteiger partial charge in [0, 0.05) is 26.2 Å². The molecule has 0 atom stereocenters. The van der Waals surface area contributed by atoms with Crippen molar-refractivity contribution in [3.05, 3.63) is 53.6 Å². The molecule has 2 aromatic carbocycles. The van der Waals surface area contributed by atoms with Crippen LogP contribution in [0.1, 0.15) is 17.5 Å². The van der Waals surface area contributed by atoms with Crippen LogP contribution < -0.4 is 10.0 Å². The van der Waals surface area contributed by atoms with Crippen LogP contribution >= 0.6 is 0 Å². The van der Waals surface area contributed by atoms with Crippen LogP contribution in [0, 0.1) is 6.92 Å². The molecule has 1 amide bonds. The summed E-state index contributed by atoms with van der Waals surface area (Å²) in [4.78, 5) is 12.6. The summed E-state index contributed by atoms with van der Waals surface area (Å²) in [7, 11) is -2.86. The first-order valence-corrected chi connectivity index (χ1v) is 11.7. The zero-order valence-corrected chi connectivity index (χ0v) is 18.4. The Labute approximate surface area is 172 Å². The average Bonchev–Trinajstić information content (AvgIpc) is 2.68. The monoisotopic (exact) mass is 439 g/mol. The van der Waals surface area contributed by atoms with E-state index < -0.39 is 20.0 Å². The van der Waals surface area contributed by atoms with Crippen molar-refractivity contribution in [3.63, 3.8) is 0 Å². The average molecular weight is 440 g/mol. The van der Waals surface area contributed by atoms with Gasteiger partial charge in [-0.15, -0.1) is 0 Å². The molecule has 0 unspecified atom stereocenters. The van der Waals surface area contributed by atoms with Crippen LogP contribution in [0.4, 0.5) is 5.69 Å². The topological polar surface area (TPSA) is 113 Å². The first-order chi connectivity index (χ1) is 13.5. The molecule has 29 heavy (non-hydrogen) atoms. The standard InChI is InChI=1S/C19H25N3O5S2/c1-14-5-9-17(29(26,27)22(3)4)13-18(14)21-19(23)12-8-15-6-10-16(11-7-15)28(24,25)20-2/h5-7,9-11,13,20H,8,12H2,1-4H3,(H,21,23). The summed E-state index contributed by atoms with van der Waals surface area (Å²) < 4.78 is 51.4. The zero-order chi connectivity index (χ0) is 21.8. The van der Waals surface area contributed by atoms with Crippen molar-refractivity contribution in [1.29, 1.82) is 0 Å². The van der Waals surface area contributed by atoms with Crippen LogP contribution in [0.5, 0.6) is 0 Å². The highest BCUT2D eigenvalue weighted by Gasteiger charge is 2.18. The van der Waals surface area contributed by atoms with E-state index in [0.29, 0.717) is 12.1 Å². The van der Waals surface area contributed by atoms with Gasteiger partial charge in [-0.3, -0.25) is 4.79 Å². The highest BCUT2D eigenvalue weighted by molar-refractivity contribution is 7.89. The number of sulfonamides is 2. The predicted octanol–water partition coefficient (Wildman–Crippen LogP) is 1.72. The molecule has 10 heteroatoms. The van der Waals surface area contributed by atoms with E-state index in [-0.39, 0.29) is 22.1 Å². The third kappa shape index (κ3) is 5.63. The number of nitrogens with one attached hydrogen (secondary N) is 2. The Bertz CT molecular complexity index is 1090. The maximum absolute atomic E-state index is 12.3. The Morgan fingerprint density at radius 3 is 2.10 bits per heavy atom. The molecule has 0 bridgehead atoms. The van der Waals surface area contributed by atoms with Gasteiger partial charge in [-0.2, -0.15) is 0 Å². The SMILES string of the molecule is CNS(=O)(=O)c1ccc(CCC(=O)Nc2cc(S(=O)(=O)N(C)C)ccc2C)cc1. The van der Waals surface area contributed by atoms with Crippen molar-refractivity contribution in [2.24, 2.45) is 0 Å². The summed E-state index contributed by atoms with van der Waals surface area (Å²) in [5.41, 5.74) is 2.00. The second kappa shape index (κ2) is 9.04. The third-order valence-corrected chi connectivity index (χ3v) is 7.65. The van der Waals surface area contributed by atoms with E-state index >= 15 is 0 Å². The second-order valence-electron chi connectivity index (χ2n) is 6.66. The van der Waals surface area contributed by atoms with Gasteiger partial charge in [-0.05, 0) is 55.8 Å². The smallest absolute Gasteiger partial charge is 0.242 e. The number of carbonyl (C=O) groups is 1. The number of benzene rings is 2. The largest absolute Gasteiger partial charge is 0.326 e. The van der Waals surface area contributed by atoms with Gasteiger partial charge < -0.3 is 5.32 Å². The Kier molecular flexibility index (Phi) is 7.17. The van der Waals surface area contributed by atoms with E-state index in [4.69, 9.17) is 0 Å². The van der Waals surface area contributed by atoms with Gasteiger partial charge in [0.1, 0.15) is 0 Å². The molecule has 0 saturated carbocycles. The lowest BCUT2D eigenvalue weighted by atomic mass is 10.1. The highest BCUT2D eigenvalue weighted by Crippen LogP contribution is 2.22. The zero-order valence-electron chi connectivity index (χ0n) is 16.8. The number of anilines is 1. The van der Waals surface area contributed by atoms with Crippen molar-refractivity contribution in [2.45, 2.75) is 29.6 Å². The Balaban J connectivity index is 2.06.